The summed E-state index contributed by atoms with van der Waals surface area (Å²) in [6.07, 6.45) is 0. The molecule has 0 aliphatic carbocycles. The average molecular weight is 396 g/mol. The molecule has 0 saturated heterocycles. The van der Waals surface area contributed by atoms with Gasteiger partial charge in [0, 0.05) is 13.1 Å². The summed E-state index contributed by atoms with van der Waals surface area (Å²) < 4.78 is 37.7. The number of nitrogens with zero attached hydrogens (tertiary/aromatic N) is 1. The molecule has 9 heteroatoms. The van der Waals surface area contributed by atoms with Gasteiger partial charge in [0.15, 0.2) is 0 Å². The van der Waals surface area contributed by atoms with Crippen molar-refractivity contribution in [2.45, 2.75) is 11.8 Å². The van der Waals surface area contributed by atoms with E-state index in [0.717, 1.165) is 5.56 Å². The van der Waals surface area contributed by atoms with E-state index >= 15 is 0 Å². The summed E-state index contributed by atoms with van der Waals surface area (Å²) in [7, 11) is -2.14. The molecule has 148 valence electrons. The van der Waals surface area contributed by atoms with Crippen LogP contribution in [0.4, 0.5) is 0 Å². The van der Waals surface area contributed by atoms with E-state index in [9.17, 15) is 8.42 Å². The van der Waals surface area contributed by atoms with Gasteiger partial charge in [0.05, 0.1) is 18.6 Å². The molecule has 0 radical (unpaired) electrons. The van der Waals surface area contributed by atoms with Gasteiger partial charge >= 0.3 is 0 Å². The summed E-state index contributed by atoms with van der Waals surface area (Å²) >= 11 is 0. The van der Waals surface area contributed by atoms with Crippen molar-refractivity contribution >= 4 is 10.0 Å². The second-order valence-corrected chi connectivity index (χ2v) is 7.62. The molecule has 0 atom stereocenters. The molecule has 0 bridgehead atoms. The topological polar surface area (TPSA) is 97.3 Å². The lowest BCUT2D eigenvalue weighted by atomic mass is 10.2. The Balaban J connectivity index is 2.04. The first-order valence-corrected chi connectivity index (χ1v) is 9.76. The first-order valence-electron chi connectivity index (χ1n) is 8.32. The van der Waals surface area contributed by atoms with E-state index in [2.05, 4.69) is 4.84 Å². The standard InChI is InChI=1S/C18H24N2O6S/c1-15-3-9-18(10-4-15)27(22,23)20(12-14-26-19-21)11-13-25-17-7-5-16(24-2)6-8-17/h3-10,19,21H,11-14H2,1-2H3. The molecule has 0 amide bonds. The maximum Gasteiger partial charge on any atom is 0.243 e. The van der Waals surface area contributed by atoms with E-state index in [1.54, 1.807) is 61.3 Å². The first-order chi connectivity index (χ1) is 13.0. The number of hydrogen-bond donors (Lipinski definition) is 2. The van der Waals surface area contributed by atoms with Crippen LogP contribution >= 0.6 is 0 Å². The summed E-state index contributed by atoms with van der Waals surface area (Å²) in [5.41, 5.74) is 2.52. The zero-order valence-corrected chi connectivity index (χ0v) is 16.1. The number of rotatable bonds is 11. The Morgan fingerprint density at radius 1 is 0.963 bits per heavy atom. The van der Waals surface area contributed by atoms with E-state index in [1.807, 2.05) is 6.92 Å². The average Bonchev–Trinajstić information content (AvgIpc) is 2.67. The Bertz CT molecular complexity index is 794. The minimum absolute atomic E-state index is 0.0237. The van der Waals surface area contributed by atoms with Crippen LogP contribution in [0.15, 0.2) is 53.4 Å². The van der Waals surface area contributed by atoms with Crippen molar-refractivity contribution in [1.82, 2.24) is 9.95 Å². The number of methoxy groups -OCH3 is 1. The summed E-state index contributed by atoms with van der Waals surface area (Å²) in [4.78, 5) is 4.84. The number of benzene rings is 2. The van der Waals surface area contributed by atoms with Gasteiger partial charge in [-0.3, -0.25) is 10.0 Å². The van der Waals surface area contributed by atoms with Crippen LogP contribution in [0.5, 0.6) is 11.5 Å². The number of nitrogens with one attached hydrogen (secondary N) is 1. The van der Waals surface area contributed by atoms with Crippen molar-refractivity contribution < 1.29 is 27.9 Å². The molecular weight excluding hydrogens is 372 g/mol. The summed E-state index contributed by atoms with van der Waals surface area (Å²) in [5.74, 6) is 1.32. The molecule has 2 N–H and O–H groups in total. The van der Waals surface area contributed by atoms with Crippen LogP contribution in [0.3, 0.4) is 0 Å². The Morgan fingerprint density at radius 3 is 2.15 bits per heavy atom. The lowest BCUT2D eigenvalue weighted by Crippen LogP contribution is -2.37. The van der Waals surface area contributed by atoms with Crippen LogP contribution in [0.1, 0.15) is 5.56 Å². The Labute approximate surface area is 159 Å². The lowest BCUT2D eigenvalue weighted by molar-refractivity contribution is -0.127. The zero-order valence-electron chi connectivity index (χ0n) is 15.3. The summed E-state index contributed by atoms with van der Waals surface area (Å²) in [6.45, 7) is 2.19. The second kappa shape index (κ2) is 10.2. The molecule has 0 heterocycles. The predicted molar refractivity (Wildman–Crippen MR) is 99.3 cm³/mol. The van der Waals surface area contributed by atoms with Crippen LogP contribution < -0.4 is 15.1 Å². The van der Waals surface area contributed by atoms with Crippen molar-refractivity contribution in [2.75, 3.05) is 33.4 Å². The summed E-state index contributed by atoms with van der Waals surface area (Å²) in [5, 5.41) is 8.52. The first kappa shape index (κ1) is 21.1. The van der Waals surface area contributed by atoms with Gasteiger partial charge in [-0.15, -0.1) is 0 Å². The predicted octanol–water partition coefficient (Wildman–Crippen LogP) is 1.98. The van der Waals surface area contributed by atoms with E-state index < -0.39 is 10.0 Å². The third kappa shape index (κ3) is 6.19. The van der Waals surface area contributed by atoms with Crippen molar-refractivity contribution in [3.8, 4) is 11.5 Å². The van der Waals surface area contributed by atoms with Gasteiger partial charge < -0.3 is 9.47 Å². The van der Waals surface area contributed by atoms with Crippen LogP contribution in [-0.4, -0.2) is 51.3 Å². The molecule has 0 aromatic heterocycles. The van der Waals surface area contributed by atoms with Crippen LogP contribution in [0, 0.1) is 6.92 Å². The Hall–Kier alpha value is -2.17. The third-order valence-corrected chi connectivity index (χ3v) is 5.75. The van der Waals surface area contributed by atoms with Crippen molar-refractivity contribution in [1.29, 1.82) is 0 Å². The largest absolute Gasteiger partial charge is 0.497 e. The normalized spacial score (nSPS) is 11.6. The van der Waals surface area contributed by atoms with Gasteiger partial charge in [-0.2, -0.15) is 4.31 Å². The lowest BCUT2D eigenvalue weighted by Gasteiger charge is -2.22. The molecule has 2 aromatic carbocycles. The van der Waals surface area contributed by atoms with Gasteiger partial charge in [0.1, 0.15) is 18.1 Å². The second-order valence-electron chi connectivity index (χ2n) is 5.68. The highest BCUT2D eigenvalue weighted by atomic mass is 32.2. The molecule has 27 heavy (non-hydrogen) atoms. The molecule has 8 nitrogen and oxygen atoms in total. The highest BCUT2D eigenvalue weighted by Gasteiger charge is 2.24. The van der Waals surface area contributed by atoms with Crippen molar-refractivity contribution in [2.24, 2.45) is 0 Å². The highest BCUT2D eigenvalue weighted by Crippen LogP contribution is 2.18. The maximum atomic E-state index is 12.9. The molecule has 0 fully saturated rings. The third-order valence-electron chi connectivity index (χ3n) is 3.83. The molecule has 0 unspecified atom stereocenters. The SMILES string of the molecule is COc1ccc(OCCN(CCONO)S(=O)(=O)c2ccc(C)cc2)cc1. The number of ether oxygens (including phenoxy) is 2. The maximum absolute atomic E-state index is 12.9. The zero-order chi connectivity index (χ0) is 19.7. The van der Waals surface area contributed by atoms with Gasteiger partial charge in [0.2, 0.25) is 10.0 Å². The van der Waals surface area contributed by atoms with Gasteiger partial charge in [-0.25, -0.2) is 8.42 Å². The van der Waals surface area contributed by atoms with Gasteiger partial charge in [-0.1, -0.05) is 23.3 Å². The molecule has 0 spiro atoms. The quantitative estimate of drug-likeness (QED) is 0.443. The monoisotopic (exact) mass is 396 g/mol. The molecule has 0 saturated carbocycles. The molecule has 0 aliphatic rings. The van der Waals surface area contributed by atoms with Crippen molar-refractivity contribution in [3.63, 3.8) is 0 Å². The van der Waals surface area contributed by atoms with E-state index in [0.29, 0.717) is 11.5 Å². The number of hydrogen-bond acceptors (Lipinski definition) is 7. The molecule has 2 aromatic rings. The summed E-state index contributed by atoms with van der Waals surface area (Å²) in [6, 6.07) is 13.6. The molecular formula is C18H24N2O6S. The smallest absolute Gasteiger partial charge is 0.243 e. The molecule has 0 aliphatic heterocycles. The van der Waals surface area contributed by atoms with Gasteiger partial charge in [-0.05, 0) is 43.3 Å². The highest BCUT2D eigenvalue weighted by molar-refractivity contribution is 7.89. The Kier molecular flexibility index (Phi) is 8.01. The molecule has 2 rings (SSSR count). The number of aryl methyl sites for hydroxylation is 1. The van der Waals surface area contributed by atoms with Crippen LogP contribution in [0.25, 0.3) is 0 Å². The van der Waals surface area contributed by atoms with E-state index in [4.69, 9.17) is 14.7 Å². The van der Waals surface area contributed by atoms with Crippen LogP contribution in [-0.2, 0) is 14.9 Å². The van der Waals surface area contributed by atoms with Crippen LogP contribution in [0.2, 0.25) is 0 Å². The van der Waals surface area contributed by atoms with Gasteiger partial charge in [0.25, 0.3) is 0 Å². The van der Waals surface area contributed by atoms with E-state index in [-0.39, 0.29) is 31.2 Å². The minimum atomic E-state index is -3.72. The fraction of sp³-hybridized carbons (Fsp3) is 0.333. The minimum Gasteiger partial charge on any atom is -0.497 e. The fourth-order valence-corrected chi connectivity index (χ4v) is 3.75. The Morgan fingerprint density at radius 2 is 1.56 bits per heavy atom. The fourth-order valence-electron chi connectivity index (χ4n) is 2.34. The number of sulfonamides is 1. The van der Waals surface area contributed by atoms with E-state index in [1.165, 1.54) is 4.31 Å². The van der Waals surface area contributed by atoms with Crippen molar-refractivity contribution in [3.05, 3.63) is 54.1 Å².